The lowest BCUT2D eigenvalue weighted by atomic mass is 10.0. The first-order chi connectivity index (χ1) is 15.6. The quantitative estimate of drug-likeness (QED) is 0.453. The Morgan fingerprint density at radius 3 is 2.22 bits per heavy atom. The van der Waals surface area contributed by atoms with Crippen molar-refractivity contribution < 1.29 is 9.59 Å². The maximum atomic E-state index is 13.0. The minimum atomic E-state index is -0.438. The Morgan fingerprint density at radius 1 is 0.812 bits per heavy atom. The van der Waals surface area contributed by atoms with Crippen LogP contribution in [-0.4, -0.2) is 15.7 Å². The third-order valence-corrected chi connectivity index (χ3v) is 6.19. The molecule has 156 valence electrons. The zero-order chi connectivity index (χ0) is 22.1. The molecule has 6 heteroatoms. The number of carbonyl (C=O) groups excluding carboxylic acids is 2. The number of hydrogen-bond acceptors (Lipinski definition) is 4. The number of benzene rings is 3. The van der Waals surface area contributed by atoms with Gasteiger partial charge in [-0.15, -0.1) is 0 Å². The van der Waals surface area contributed by atoms with Crippen LogP contribution in [0.25, 0.3) is 28.1 Å². The second-order valence-electron chi connectivity index (χ2n) is 7.46. The summed E-state index contributed by atoms with van der Waals surface area (Å²) in [6.07, 6.45) is 1.60. The first kappa shape index (κ1) is 20.0. The summed E-state index contributed by atoms with van der Waals surface area (Å²) in [6.45, 7) is 0.430. The van der Waals surface area contributed by atoms with Crippen molar-refractivity contribution in [2.75, 3.05) is 0 Å². The molecule has 5 rings (SSSR count). The maximum Gasteiger partial charge on any atom is 0.290 e. The molecule has 0 spiro atoms. The van der Waals surface area contributed by atoms with Crippen LogP contribution in [-0.2, 0) is 11.3 Å². The molecule has 1 aromatic heterocycles. The Kier molecular flexibility index (Phi) is 5.21. The normalized spacial score (nSPS) is 14.8. The summed E-state index contributed by atoms with van der Waals surface area (Å²) in [6, 6.07) is 27.4. The van der Waals surface area contributed by atoms with E-state index in [9.17, 15) is 14.4 Å². The molecule has 0 bridgehead atoms. The van der Waals surface area contributed by atoms with Crippen LogP contribution in [0.5, 0.6) is 0 Å². The van der Waals surface area contributed by atoms with Gasteiger partial charge in [-0.25, -0.2) is 0 Å². The van der Waals surface area contributed by atoms with Crippen LogP contribution in [0.1, 0.15) is 11.1 Å². The number of amides is 2. The number of fused-ring (bicyclic) bond motifs is 1. The van der Waals surface area contributed by atoms with Crippen molar-refractivity contribution in [1.29, 1.82) is 0 Å². The Labute approximate surface area is 188 Å². The molecule has 1 saturated heterocycles. The van der Waals surface area contributed by atoms with E-state index in [4.69, 9.17) is 0 Å². The molecule has 0 radical (unpaired) electrons. The smallest absolute Gasteiger partial charge is 0.290 e. The summed E-state index contributed by atoms with van der Waals surface area (Å²) >= 11 is 0.842. The van der Waals surface area contributed by atoms with Gasteiger partial charge in [-0.05, 0) is 46.2 Å². The Balaban J connectivity index is 1.52. The average Bonchev–Trinajstić information content (AvgIpc) is 3.14. The van der Waals surface area contributed by atoms with Crippen LogP contribution >= 0.6 is 11.8 Å². The minimum Gasteiger partial charge on any atom is -0.304 e. The highest BCUT2D eigenvalue weighted by atomic mass is 32.2. The summed E-state index contributed by atoms with van der Waals surface area (Å²) in [7, 11) is 0. The number of thioether (sulfide) groups is 1. The minimum absolute atomic E-state index is 0.169. The van der Waals surface area contributed by atoms with Gasteiger partial charge in [-0.3, -0.25) is 19.7 Å². The summed E-state index contributed by atoms with van der Waals surface area (Å²) in [5.41, 5.74) is 4.50. The molecule has 0 saturated carbocycles. The summed E-state index contributed by atoms with van der Waals surface area (Å²) in [5, 5.41) is 2.68. The maximum absolute atomic E-state index is 13.0. The first-order valence-electron chi connectivity index (χ1n) is 10.1. The van der Waals surface area contributed by atoms with E-state index in [1.165, 1.54) is 6.07 Å². The predicted octanol–water partition coefficient (Wildman–Crippen LogP) is 5.04. The molecule has 1 aliphatic rings. The van der Waals surface area contributed by atoms with Crippen LogP contribution in [0.3, 0.4) is 0 Å². The molecular weight excluding hydrogens is 420 g/mol. The molecule has 0 unspecified atom stereocenters. The fraction of sp³-hybridized carbons (Fsp3) is 0.0385. The van der Waals surface area contributed by atoms with Crippen molar-refractivity contribution in [3.8, 4) is 11.1 Å². The van der Waals surface area contributed by atoms with E-state index >= 15 is 0 Å². The number of pyridine rings is 1. The number of aromatic nitrogens is 1. The zero-order valence-corrected chi connectivity index (χ0v) is 17.8. The first-order valence-corrected chi connectivity index (χ1v) is 10.9. The number of nitrogens with zero attached hydrogens (tertiary/aromatic N) is 1. The van der Waals surface area contributed by atoms with Gasteiger partial charge in [0.2, 0.25) is 0 Å². The van der Waals surface area contributed by atoms with Gasteiger partial charge < -0.3 is 4.57 Å². The highest BCUT2D eigenvalue weighted by Crippen LogP contribution is 2.28. The van der Waals surface area contributed by atoms with Crippen LogP contribution in [0.4, 0.5) is 4.79 Å². The monoisotopic (exact) mass is 438 g/mol. The molecule has 1 aliphatic heterocycles. The van der Waals surface area contributed by atoms with Crippen LogP contribution in [0.2, 0.25) is 0 Å². The van der Waals surface area contributed by atoms with Crippen LogP contribution < -0.4 is 10.9 Å². The lowest BCUT2D eigenvalue weighted by Crippen LogP contribution is -2.21. The second-order valence-corrected chi connectivity index (χ2v) is 8.47. The predicted molar refractivity (Wildman–Crippen MR) is 128 cm³/mol. The standard InChI is InChI=1S/C26H18N2O3S/c29-24-15-20(14-23-25(30)27-26(31)32-23)21-8-4-5-9-22(21)28(24)16-17-10-12-19(13-11-17)18-6-2-1-3-7-18/h1-15H,16H2,(H,27,30,31). The Morgan fingerprint density at radius 2 is 1.50 bits per heavy atom. The van der Waals surface area contributed by atoms with E-state index < -0.39 is 11.1 Å². The van der Waals surface area contributed by atoms with Gasteiger partial charge in [0, 0.05) is 11.5 Å². The molecule has 3 aromatic carbocycles. The summed E-state index contributed by atoms with van der Waals surface area (Å²) in [5.74, 6) is -0.438. The molecule has 5 nitrogen and oxygen atoms in total. The van der Waals surface area contributed by atoms with E-state index in [1.807, 2.05) is 54.6 Å². The molecule has 1 N–H and O–H groups in total. The third-order valence-electron chi connectivity index (χ3n) is 5.38. The number of carbonyl (C=O) groups is 2. The van der Waals surface area contributed by atoms with Gasteiger partial charge in [0.1, 0.15) is 0 Å². The van der Waals surface area contributed by atoms with E-state index in [0.29, 0.717) is 12.1 Å². The van der Waals surface area contributed by atoms with E-state index in [1.54, 1.807) is 10.6 Å². The van der Waals surface area contributed by atoms with Crippen molar-refractivity contribution in [2.24, 2.45) is 0 Å². The van der Waals surface area contributed by atoms with Crippen LogP contribution in [0.15, 0.2) is 94.6 Å². The van der Waals surface area contributed by atoms with E-state index in [0.717, 1.165) is 39.4 Å². The Hall–Kier alpha value is -3.90. The van der Waals surface area contributed by atoms with E-state index in [-0.39, 0.29) is 10.5 Å². The molecule has 4 aromatic rings. The SMILES string of the molecule is O=C1NC(=O)C(=Cc2cc(=O)n(Cc3ccc(-c4ccccc4)cc3)c3ccccc23)S1. The molecule has 2 amide bonds. The highest BCUT2D eigenvalue weighted by molar-refractivity contribution is 8.18. The number of rotatable bonds is 4. The number of nitrogens with one attached hydrogen (secondary N) is 1. The fourth-order valence-electron chi connectivity index (χ4n) is 3.82. The topological polar surface area (TPSA) is 68.2 Å². The average molecular weight is 439 g/mol. The van der Waals surface area contributed by atoms with Crippen molar-refractivity contribution in [3.05, 3.63) is 111 Å². The molecule has 1 fully saturated rings. The van der Waals surface area contributed by atoms with Crippen LogP contribution in [0, 0.1) is 0 Å². The largest absolute Gasteiger partial charge is 0.304 e. The number of imide groups is 1. The highest BCUT2D eigenvalue weighted by Gasteiger charge is 2.25. The summed E-state index contributed by atoms with van der Waals surface area (Å²) < 4.78 is 1.72. The van der Waals surface area contributed by atoms with E-state index in [2.05, 4.69) is 29.6 Å². The summed E-state index contributed by atoms with van der Waals surface area (Å²) in [4.78, 5) is 36.7. The number of hydrogen-bond donors (Lipinski definition) is 1. The number of para-hydroxylation sites is 1. The third kappa shape index (κ3) is 3.88. The molecule has 0 aliphatic carbocycles. The van der Waals surface area contributed by atoms with Gasteiger partial charge in [0.15, 0.2) is 0 Å². The molecular formula is C26H18N2O3S. The fourth-order valence-corrected chi connectivity index (χ4v) is 4.49. The van der Waals surface area contributed by atoms with Crippen molar-refractivity contribution >= 4 is 39.9 Å². The molecule has 0 atom stereocenters. The molecule has 2 heterocycles. The van der Waals surface area contributed by atoms with Crippen molar-refractivity contribution in [2.45, 2.75) is 6.54 Å². The Bertz CT molecular complexity index is 1440. The van der Waals surface area contributed by atoms with Gasteiger partial charge in [0.05, 0.1) is 17.0 Å². The van der Waals surface area contributed by atoms with Crippen molar-refractivity contribution in [3.63, 3.8) is 0 Å². The van der Waals surface area contributed by atoms with Gasteiger partial charge >= 0.3 is 0 Å². The van der Waals surface area contributed by atoms with Crippen molar-refractivity contribution in [1.82, 2.24) is 9.88 Å². The second kappa shape index (κ2) is 8.32. The molecule has 32 heavy (non-hydrogen) atoms. The lowest BCUT2D eigenvalue weighted by molar-refractivity contribution is -0.115. The van der Waals surface area contributed by atoms with Gasteiger partial charge in [-0.2, -0.15) is 0 Å². The lowest BCUT2D eigenvalue weighted by Gasteiger charge is -2.13. The van der Waals surface area contributed by atoms with Gasteiger partial charge in [-0.1, -0.05) is 72.8 Å². The zero-order valence-electron chi connectivity index (χ0n) is 16.9. The van der Waals surface area contributed by atoms with Gasteiger partial charge in [0.25, 0.3) is 16.7 Å².